The van der Waals surface area contributed by atoms with Crippen LogP contribution >= 0.6 is 0 Å². The van der Waals surface area contributed by atoms with Gasteiger partial charge >= 0.3 is 0 Å². The summed E-state index contributed by atoms with van der Waals surface area (Å²) in [4.78, 5) is 14.1. The Balaban J connectivity index is 4.80. The summed E-state index contributed by atoms with van der Waals surface area (Å²) in [7, 11) is 0. The lowest BCUT2D eigenvalue weighted by Crippen LogP contribution is -2.49. The zero-order valence-corrected chi connectivity index (χ0v) is 10.8. The van der Waals surface area contributed by atoms with Gasteiger partial charge in [-0.2, -0.15) is 5.26 Å². The average molecular weight is 225 g/mol. The lowest BCUT2D eigenvalue weighted by molar-refractivity contribution is -0.142. The van der Waals surface area contributed by atoms with Crippen molar-refractivity contribution in [3.8, 4) is 6.07 Å². The minimum atomic E-state index is -0.500. The number of hydrogen-bond acceptors (Lipinski definition) is 3. The Labute approximate surface area is 98.4 Å². The zero-order chi connectivity index (χ0) is 12.8. The first kappa shape index (κ1) is 14.9. The summed E-state index contributed by atoms with van der Waals surface area (Å²) in [5.41, 5.74) is 5.17. The van der Waals surface area contributed by atoms with E-state index >= 15 is 0 Å². The van der Waals surface area contributed by atoms with Crippen LogP contribution in [-0.2, 0) is 4.79 Å². The highest BCUT2D eigenvalue weighted by molar-refractivity contribution is 5.82. The summed E-state index contributed by atoms with van der Waals surface area (Å²) in [6.45, 7) is 8.61. The standard InChI is InChI=1S/C12H23N3O/c1-5-12(4,9-14)11(16)15(10(2)3)8-6-7-13/h10H,5-6,8-9,14H2,1-4H3. The number of nitriles is 1. The van der Waals surface area contributed by atoms with E-state index in [-0.39, 0.29) is 11.9 Å². The fourth-order valence-corrected chi connectivity index (χ4v) is 1.49. The first-order chi connectivity index (χ1) is 7.42. The van der Waals surface area contributed by atoms with E-state index < -0.39 is 5.41 Å². The van der Waals surface area contributed by atoms with Crippen molar-refractivity contribution < 1.29 is 4.79 Å². The van der Waals surface area contributed by atoms with Crippen molar-refractivity contribution in [2.45, 2.75) is 46.6 Å². The van der Waals surface area contributed by atoms with Crippen LogP contribution in [0.3, 0.4) is 0 Å². The first-order valence-corrected chi connectivity index (χ1v) is 5.81. The van der Waals surface area contributed by atoms with Gasteiger partial charge in [0, 0.05) is 19.1 Å². The maximum absolute atomic E-state index is 12.3. The molecule has 1 atom stereocenters. The highest BCUT2D eigenvalue weighted by Crippen LogP contribution is 2.23. The Kier molecular flexibility index (Phi) is 6.05. The molecule has 1 amide bonds. The number of nitrogens with zero attached hydrogens (tertiary/aromatic N) is 2. The Morgan fingerprint density at radius 2 is 2.12 bits per heavy atom. The fraction of sp³-hybridized carbons (Fsp3) is 0.833. The van der Waals surface area contributed by atoms with Crippen molar-refractivity contribution >= 4 is 5.91 Å². The fourth-order valence-electron chi connectivity index (χ4n) is 1.49. The summed E-state index contributed by atoms with van der Waals surface area (Å²) in [6.07, 6.45) is 1.09. The predicted octanol–water partition coefficient (Wildman–Crippen LogP) is 1.51. The third kappa shape index (κ3) is 3.49. The quantitative estimate of drug-likeness (QED) is 0.745. The van der Waals surface area contributed by atoms with Crippen molar-refractivity contribution in [3.63, 3.8) is 0 Å². The van der Waals surface area contributed by atoms with Crippen molar-refractivity contribution in [1.29, 1.82) is 5.26 Å². The highest BCUT2D eigenvalue weighted by Gasteiger charge is 2.34. The molecule has 0 heterocycles. The molecule has 4 heteroatoms. The lowest BCUT2D eigenvalue weighted by atomic mass is 9.85. The Morgan fingerprint density at radius 3 is 2.44 bits per heavy atom. The van der Waals surface area contributed by atoms with Gasteiger partial charge in [0.1, 0.15) is 0 Å². The first-order valence-electron chi connectivity index (χ1n) is 5.81. The van der Waals surface area contributed by atoms with Gasteiger partial charge in [-0.1, -0.05) is 6.92 Å². The highest BCUT2D eigenvalue weighted by atomic mass is 16.2. The molecule has 2 N–H and O–H groups in total. The van der Waals surface area contributed by atoms with Crippen molar-refractivity contribution in [2.24, 2.45) is 11.1 Å². The number of hydrogen-bond donors (Lipinski definition) is 1. The molecular weight excluding hydrogens is 202 g/mol. The van der Waals surface area contributed by atoms with Gasteiger partial charge in [-0.25, -0.2) is 0 Å². The molecule has 0 aliphatic heterocycles. The maximum Gasteiger partial charge on any atom is 0.230 e. The van der Waals surface area contributed by atoms with E-state index in [1.54, 1.807) is 4.90 Å². The van der Waals surface area contributed by atoms with Crippen LogP contribution in [0.4, 0.5) is 0 Å². The van der Waals surface area contributed by atoms with Crippen LogP contribution in [-0.4, -0.2) is 29.9 Å². The third-order valence-electron chi connectivity index (χ3n) is 3.10. The van der Waals surface area contributed by atoms with Crippen LogP contribution < -0.4 is 5.73 Å². The molecule has 0 fully saturated rings. The molecule has 0 aromatic carbocycles. The number of nitrogens with two attached hydrogens (primary N) is 1. The molecule has 0 aliphatic rings. The van der Waals surface area contributed by atoms with E-state index in [2.05, 4.69) is 6.07 Å². The molecule has 0 aromatic rings. The van der Waals surface area contributed by atoms with E-state index in [1.807, 2.05) is 27.7 Å². The molecule has 0 saturated carbocycles. The zero-order valence-electron chi connectivity index (χ0n) is 10.8. The minimum absolute atomic E-state index is 0.0581. The van der Waals surface area contributed by atoms with Gasteiger partial charge in [-0.05, 0) is 27.2 Å². The van der Waals surface area contributed by atoms with Crippen LogP contribution in [0, 0.1) is 16.7 Å². The molecule has 92 valence electrons. The second kappa shape index (κ2) is 6.49. The van der Waals surface area contributed by atoms with Gasteiger partial charge in [0.2, 0.25) is 5.91 Å². The third-order valence-corrected chi connectivity index (χ3v) is 3.10. The molecule has 0 saturated heterocycles. The van der Waals surface area contributed by atoms with E-state index in [0.717, 1.165) is 6.42 Å². The van der Waals surface area contributed by atoms with Crippen LogP contribution in [0.15, 0.2) is 0 Å². The van der Waals surface area contributed by atoms with E-state index in [0.29, 0.717) is 19.5 Å². The Bertz CT molecular complexity index is 264. The van der Waals surface area contributed by atoms with E-state index in [9.17, 15) is 4.79 Å². The smallest absolute Gasteiger partial charge is 0.230 e. The molecule has 0 aromatic heterocycles. The van der Waals surface area contributed by atoms with Gasteiger partial charge in [-0.15, -0.1) is 0 Å². The summed E-state index contributed by atoms with van der Waals surface area (Å²) in [5, 5.41) is 8.58. The Morgan fingerprint density at radius 1 is 1.56 bits per heavy atom. The number of carbonyl (C=O) groups is 1. The van der Waals surface area contributed by atoms with Gasteiger partial charge < -0.3 is 10.6 Å². The topological polar surface area (TPSA) is 70.1 Å². The molecule has 0 aliphatic carbocycles. The van der Waals surface area contributed by atoms with Gasteiger partial charge in [0.25, 0.3) is 0 Å². The van der Waals surface area contributed by atoms with E-state index in [1.165, 1.54) is 0 Å². The largest absolute Gasteiger partial charge is 0.339 e. The molecule has 0 rings (SSSR count). The van der Waals surface area contributed by atoms with Crippen LogP contribution in [0.5, 0.6) is 0 Å². The van der Waals surface area contributed by atoms with Crippen molar-refractivity contribution in [2.75, 3.05) is 13.1 Å². The number of rotatable bonds is 6. The molecule has 0 spiro atoms. The van der Waals surface area contributed by atoms with Crippen LogP contribution in [0.25, 0.3) is 0 Å². The summed E-state index contributed by atoms with van der Waals surface area (Å²) in [6, 6.07) is 2.18. The minimum Gasteiger partial charge on any atom is -0.339 e. The average Bonchev–Trinajstić information content (AvgIpc) is 2.27. The van der Waals surface area contributed by atoms with Crippen molar-refractivity contribution in [3.05, 3.63) is 0 Å². The number of amides is 1. The molecule has 1 unspecified atom stereocenters. The maximum atomic E-state index is 12.3. The summed E-state index contributed by atoms with van der Waals surface area (Å²) >= 11 is 0. The SMILES string of the molecule is CCC(C)(CN)C(=O)N(CCC#N)C(C)C. The van der Waals surface area contributed by atoms with Crippen LogP contribution in [0.1, 0.15) is 40.5 Å². The van der Waals surface area contributed by atoms with Gasteiger partial charge in [0.15, 0.2) is 0 Å². The van der Waals surface area contributed by atoms with Gasteiger partial charge in [-0.3, -0.25) is 4.79 Å². The summed E-state index contributed by atoms with van der Waals surface area (Å²) in [5.74, 6) is 0.0581. The monoisotopic (exact) mass is 225 g/mol. The number of carbonyl (C=O) groups excluding carboxylic acids is 1. The van der Waals surface area contributed by atoms with Gasteiger partial charge in [0.05, 0.1) is 17.9 Å². The molecule has 4 nitrogen and oxygen atoms in total. The van der Waals surface area contributed by atoms with Crippen molar-refractivity contribution in [1.82, 2.24) is 4.90 Å². The van der Waals surface area contributed by atoms with Crippen LogP contribution in [0.2, 0.25) is 0 Å². The molecule has 16 heavy (non-hydrogen) atoms. The second-order valence-electron chi connectivity index (χ2n) is 4.62. The molecular formula is C12H23N3O. The lowest BCUT2D eigenvalue weighted by Gasteiger charge is -2.35. The molecule has 0 radical (unpaired) electrons. The molecule has 0 bridgehead atoms. The van der Waals surface area contributed by atoms with E-state index in [4.69, 9.17) is 11.0 Å². The summed E-state index contributed by atoms with van der Waals surface area (Å²) < 4.78 is 0. The Hall–Kier alpha value is -1.08. The predicted molar refractivity (Wildman–Crippen MR) is 64.5 cm³/mol. The second-order valence-corrected chi connectivity index (χ2v) is 4.62. The normalized spacial score (nSPS) is 14.3.